The molecule has 0 fully saturated rings. The summed E-state index contributed by atoms with van der Waals surface area (Å²) in [4.78, 5) is 19.1. The molecule has 0 saturated carbocycles. The van der Waals surface area contributed by atoms with Gasteiger partial charge in [0.15, 0.2) is 5.16 Å². The number of benzene rings is 1. The van der Waals surface area contributed by atoms with E-state index in [-0.39, 0.29) is 11.4 Å². The van der Waals surface area contributed by atoms with Crippen molar-refractivity contribution < 1.29 is 14.6 Å². The Morgan fingerprint density at radius 3 is 2.58 bits per heavy atom. The number of rotatable bonds is 4. The van der Waals surface area contributed by atoms with Gasteiger partial charge in [-0.15, -0.1) is 0 Å². The lowest BCUT2D eigenvalue weighted by Gasteiger charge is -2.08. The van der Waals surface area contributed by atoms with E-state index in [2.05, 4.69) is 9.97 Å². The van der Waals surface area contributed by atoms with Gasteiger partial charge in [-0.05, 0) is 25.3 Å². The standard InChI is InChI=1S/C13H12N2O3S/c1-8-3-5-9(6-4-8)18-11-10(12(16)17)7-14-13(15-11)19-2/h3-7H,1-2H3,(H,16,17). The van der Waals surface area contributed by atoms with Crippen molar-refractivity contribution >= 4 is 17.7 Å². The maximum atomic E-state index is 11.1. The van der Waals surface area contributed by atoms with Gasteiger partial charge in [0.1, 0.15) is 11.3 Å². The van der Waals surface area contributed by atoms with Crippen molar-refractivity contribution in [2.24, 2.45) is 0 Å². The first-order valence-corrected chi connectivity index (χ1v) is 6.71. The Labute approximate surface area is 114 Å². The minimum atomic E-state index is -1.12. The lowest BCUT2D eigenvalue weighted by Crippen LogP contribution is -2.04. The average molecular weight is 276 g/mol. The van der Waals surface area contributed by atoms with Gasteiger partial charge in [-0.25, -0.2) is 9.78 Å². The van der Waals surface area contributed by atoms with Crippen LogP contribution in [-0.4, -0.2) is 27.3 Å². The number of hydrogen-bond donors (Lipinski definition) is 1. The van der Waals surface area contributed by atoms with E-state index in [1.807, 2.05) is 25.3 Å². The number of aromatic carboxylic acids is 1. The molecule has 0 unspecified atom stereocenters. The van der Waals surface area contributed by atoms with Gasteiger partial charge < -0.3 is 9.84 Å². The van der Waals surface area contributed by atoms with Gasteiger partial charge in [0, 0.05) is 6.20 Å². The number of ether oxygens (including phenoxy) is 1. The minimum absolute atomic E-state index is 0.0516. The molecule has 98 valence electrons. The third-order valence-corrected chi connectivity index (χ3v) is 2.94. The van der Waals surface area contributed by atoms with Crippen molar-refractivity contribution in [1.29, 1.82) is 0 Å². The molecule has 0 amide bonds. The van der Waals surface area contributed by atoms with Crippen LogP contribution in [0.3, 0.4) is 0 Å². The third kappa shape index (κ3) is 3.23. The molecule has 5 nitrogen and oxygen atoms in total. The van der Waals surface area contributed by atoms with Crippen LogP contribution in [0, 0.1) is 6.92 Å². The van der Waals surface area contributed by atoms with Gasteiger partial charge in [-0.3, -0.25) is 0 Å². The zero-order valence-electron chi connectivity index (χ0n) is 10.5. The Hall–Kier alpha value is -2.08. The molecule has 1 aromatic carbocycles. The van der Waals surface area contributed by atoms with Crippen LogP contribution in [0.15, 0.2) is 35.6 Å². The largest absolute Gasteiger partial charge is 0.477 e. The van der Waals surface area contributed by atoms with Crippen LogP contribution in [0.1, 0.15) is 15.9 Å². The van der Waals surface area contributed by atoms with Crippen molar-refractivity contribution in [3.63, 3.8) is 0 Å². The van der Waals surface area contributed by atoms with Crippen LogP contribution in [-0.2, 0) is 0 Å². The second kappa shape index (κ2) is 5.71. The van der Waals surface area contributed by atoms with Crippen LogP contribution < -0.4 is 4.74 Å². The molecule has 0 radical (unpaired) electrons. The number of carboxylic acid groups (broad SMARTS) is 1. The summed E-state index contributed by atoms with van der Waals surface area (Å²) in [5.74, 6) is -0.524. The number of carbonyl (C=O) groups is 1. The van der Waals surface area contributed by atoms with Crippen molar-refractivity contribution in [3.05, 3.63) is 41.6 Å². The number of nitrogens with zero attached hydrogens (tertiary/aromatic N) is 2. The highest BCUT2D eigenvalue weighted by atomic mass is 32.2. The lowest BCUT2D eigenvalue weighted by atomic mass is 10.2. The molecular weight excluding hydrogens is 264 g/mol. The van der Waals surface area contributed by atoms with Crippen LogP contribution in [0.5, 0.6) is 11.6 Å². The number of carboxylic acids is 1. The zero-order chi connectivity index (χ0) is 13.8. The van der Waals surface area contributed by atoms with Crippen molar-refractivity contribution in [2.45, 2.75) is 12.1 Å². The SMILES string of the molecule is CSc1ncc(C(=O)O)c(Oc2ccc(C)cc2)n1. The molecule has 1 aromatic heterocycles. The van der Waals surface area contributed by atoms with Crippen LogP contribution >= 0.6 is 11.8 Å². The van der Waals surface area contributed by atoms with E-state index < -0.39 is 5.97 Å². The highest BCUT2D eigenvalue weighted by molar-refractivity contribution is 7.98. The van der Waals surface area contributed by atoms with Gasteiger partial charge in [-0.1, -0.05) is 29.5 Å². The van der Waals surface area contributed by atoms with E-state index in [0.717, 1.165) is 5.56 Å². The summed E-state index contributed by atoms with van der Waals surface area (Å²) < 4.78 is 5.52. The van der Waals surface area contributed by atoms with Gasteiger partial charge in [0.25, 0.3) is 0 Å². The first-order valence-electron chi connectivity index (χ1n) is 5.49. The van der Waals surface area contributed by atoms with E-state index in [0.29, 0.717) is 10.9 Å². The van der Waals surface area contributed by atoms with Crippen molar-refractivity contribution in [3.8, 4) is 11.6 Å². The van der Waals surface area contributed by atoms with E-state index in [1.165, 1.54) is 18.0 Å². The van der Waals surface area contributed by atoms with Crippen LogP contribution in [0.4, 0.5) is 0 Å². The smallest absolute Gasteiger partial charge is 0.342 e. The normalized spacial score (nSPS) is 10.2. The monoisotopic (exact) mass is 276 g/mol. The number of aromatic nitrogens is 2. The molecule has 1 heterocycles. The van der Waals surface area contributed by atoms with Crippen molar-refractivity contribution in [2.75, 3.05) is 6.26 Å². The summed E-state index contributed by atoms with van der Waals surface area (Å²) in [7, 11) is 0. The summed E-state index contributed by atoms with van der Waals surface area (Å²) in [5.41, 5.74) is 1.04. The summed E-state index contributed by atoms with van der Waals surface area (Å²) in [6.45, 7) is 1.96. The van der Waals surface area contributed by atoms with E-state index in [4.69, 9.17) is 9.84 Å². The summed E-state index contributed by atoms with van der Waals surface area (Å²) in [6, 6.07) is 7.29. The molecule has 19 heavy (non-hydrogen) atoms. The van der Waals surface area contributed by atoms with E-state index in [9.17, 15) is 4.79 Å². The molecule has 6 heteroatoms. The first-order chi connectivity index (χ1) is 9.10. The minimum Gasteiger partial charge on any atom is -0.477 e. The Morgan fingerprint density at radius 1 is 1.32 bits per heavy atom. The fourth-order valence-corrected chi connectivity index (χ4v) is 1.72. The molecule has 0 atom stereocenters. The van der Waals surface area contributed by atoms with Crippen LogP contribution in [0.25, 0.3) is 0 Å². The van der Waals surface area contributed by atoms with Crippen molar-refractivity contribution in [1.82, 2.24) is 9.97 Å². The van der Waals surface area contributed by atoms with Gasteiger partial charge in [-0.2, -0.15) is 4.98 Å². The van der Waals surface area contributed by atoms with E-state index >= 15 is 0 Å². The Bertz CT molecular complexity index is 599. The fourth-order valence-electron chi connectivity index (χ4n) is 1.39. The Kier molecular flexibility index (Phi) is 4.01. The maximum Gasteiger partial charge on any atom is 0.342 e. The summed E-state index contributed by atoms with van der Waals surface area (Å²) in [6.07, 6.45) is 3.07. The van der Waals surface area contributed by atoms with Crippen LogP contribution in [0.2, 0.25) is 0 Å². The number of aryl methyl sites for hydroxylation is 1. The molecule has 1 N–H and O–H groups in total. The van der Waals surface area contributed by atoms with Gasteiger partial charge in [0.2, 0.25) is 5.88 Å². The quantitative estimate of drug-likeness (QED) is 0.683. The fraction of sp³-hybridized carbons (Fsp3) is 0.154. The second-order valence-corrected chi connectivity index (χ2v) is 4.57. The molecule has 0 aliphatic rings. The highest BCUT2D eigenvalue weighted by Crippen LogP contribution is 2.25. The molecule has 0 aliphatic carbocycles. The third-order valence-electron chi connectivity index (χ3n) is 2.38. The molecule has 0 spiro atoms. The topological polar surface area (TPSA) is 72.3 Å². The average Bonchev–Trinajstić information content (AvgIpc) is 2.41. The van der Waals surface area contributed by atoms with Gasteiger partial charge in [0.05, 0.1) is 0 Å². The Morgan fingerprint density at radius 2 is 2.00 bits per heavy atom. The van der Waals surface area contributed by atoms with Gasteiger partial charge >= 0.3 is 5.97 Å². The first kappa shape index (κ1) is 13.4. The number of hydrogen-bond acceptors (Lipinski definition) is 5. The lowest BCUT2D eigenvalue weighted by molar-refractivity contribution is 0.0692. The molecule has 0 bridgehead atoms. The molecule has 2 aromatic rings. The summed E-state index contributed by atoms with van der Waals surface area (Å²) >= 11 is 1.32. The predicted molar refractivity (Wildman–Crippen MR) is 72.0 cm³/mol. The zero-order valence-corrected chi connectivity index (χ0v) is 11.3. The second-order valence-electron chi connectivity index (χ2n) is 3.80. The molecular formula is C13H12N2O3S. The predicted octanol–water partition coefficient (Wildman–Crippen LogP) is 3.00. The molecule has 2 rings (SSSR count). The Balaban J connectivity index is 2.36. The molecule has 0 aliphatic heterocycles. The number of thioether (sulfide) groups is 1. The van der Waals surface area contributed by atoms with E-state index in [1.54, 1.807) is 12.1 Å². The highest BCUT2D eigenvalue weighted by Gasteiger charge is 2.15. The summed E-state index contributed by atoms with van der Waals surface area (Å²) in [5, 5.41) is 9.55. The molecule has 0 saturated heterocycles. The maximum absolute atomic E-state index is 11.1.